The first-order chi connectivity index (χ1) is 56.5. The summed E-state index contributed by atoms with van der Waals surface area (Å²) >= 11 is 0. The zero-order valence-electron chi connectivity index (χ0n) is 68.2. The van der Waals surface area contributed by atoms with E-state index in [0.29, 0.717) is 37.4 Å². The van der Waals surface area contributed by atoms with Gasteiger partial charge in [0.1, 0.15) is 11.4 Å². The van der Waals surface area contributed by atoms with Gasteiger partial charge in [-0.25, -0.2) is 13.2 Å². The summed E-state index contributed by atoms with van der Waals surface area (Å²) < 4.78 is 33.3. The van der Waals surface area contributed by atoms with Gasteiger partial charge in [0.2, 0.25) is 10.0 Å². The number of aliphatic hydroxyl groups is 3. The molecule has 0 aromatic heterocycles. The molecular formula is C96H114N10O10S. The van der Waals surface area contributed by atoms with Crippen molar-refractivity contribution < 1.29 is 43.3 Å². The van der Waals surface area contributed by atoms with Crippen LogP contribution >= 0.6 is 0 Å². The predicted octanol–water partition coefficient (Wildman–Crippen LogP) is 17.2. The van der Waals surface area contributed by atoms with Crippen molar-refractivity contribution in [1.82, 2.24) is 14.7 Å². The number of carbonyl (C=O) groups excluding carboxylic acids is 1. The normalized spacial score (nSPS) is 17.1. The number of phenols is 1. The van der Waals surface area contributed by atoms with Gasteiger partial charge >= 0.3 is 6.09 Å². The number of ether oxygens (including phenoxy) is 1. The molecule has 1 saturated carbocycles. The third-order valence-corrected chi connectivity index (χ3v) is 24.6. The molecule has 614 valence electrons. The zero-order valence-corrected chi connectivity index (χ0v) is 69.0. The Balaban J connectivity index is 0.000000163. The Labute approximate surface area is 690 Å². The fourth-order valence-corrected chi connectivity index (χ4v) is 17.7. The average molecular weight is 1600 g/mol. The third-order valence-electron chi connectivity index (χ3n) is 22.7. The molecule has 14 rings (SSSR count). The van der Waals surface area contributed by atoms with Crippen LogP contribution in [0.3, 0.4) is 0 Å². The van der Waals surface area contributed by atoms with Crippen molar-refractivity contribution in [2.24, 2.45) is 11.1 Å². The standard InChI is InChI=1S/C35H41N3O5.C33H41N3O3S.C28H32N4O2/c1-34(2,3)43-33(40)37-22-20-35(25-37)19-21-36(24-35)29-15-11-27(12-16-29)32(28-13-17-30(18-14-28)38(41)42)31(10-7-23-39)26-8-5-4-6-9-26;1-25(2)35-20-22-36(23-21-35)30-16-12-28(13-17-30)33(32(9-6-24-37)26-7-4-3-5-8-26)27-10-14-29(15-11-27)34-40(38,39)31-18-19-31;29-28(30)32-18-16-31(17-19-32)24-12-8-22(9-13-24)27(23-10-14-25(34)15-11-23)26(7-4-20-33)21-5-2-1-3-6-21/h4-6,8-9,11-18,39H,7,10,19-25H2,1-3H3;3-5,7-8,10-17,25,31,34,37H,6,9,18-24H2,1-2H3;1-3,5-6,8-15,33-34H,4,7,16-20H2,(H3,29,30)/b32-31+;33-32-;27-26+. The van der Waals surface area contributed by atoms with E-state index in [9.17, 15) is 43.8 Å². The van der Waals surface area contributed by atoms with Crippen molar-refractivity contribution >= 4 is 84.0 Å². The molecule has 8 N–H and O–H groups in total. The Morgan fingerprint density at radius 3 is 1.24 bits per heavy atom. The van der Waals surface area contributed by atoms with Gasteiger partial charge in [-0.1, -0.05) is 152 Å². The fraction of sp³-hybridized carbons (Fsp3) is 0.354. The minimum atomic E-state index is -3.32. The minimum Gasteiger partial charge on any atom is -0.508 e. The van der Waals surface area contributed by atoms with E-state index < -0.39 is 15.6 Å². The molecule has 9 aromatic carbocycles. The number of phenolic OH excluding ortho intramolecular Hbond substituents is 1. The predicted molar refractivity (Wildman–Crippen MR) is 475 cm³/mol. The fourth-order valence-electron chi connectivity index (χ4n) is 16.3. The number of carbonyl (C=O) groups is 1. The van der Waals surface area contributed by atoms with Crippen molar-refractivity contribution in [3.8, 4) is 5.75 Å². The number of benzene rings is 9. The molecule has 1 amide bonds. The number of nitro groups is 1. The molecule has 5 aliphatic rings. The van der Waals surface area contributed by atoms with Gasteiger partial charge in [0.15, 0.2) is 5.96 Å². The molecule has 117 heavy (non-hydrogen) atoms. The Morgan fingerprint density at radius 2 is 0.872 bits per heavy atom. The highest BCUT2D eigenvalue weighted by atomic mass is 32.2. The van der Waals surface area contributed by atoms with E-state index in [1.54, 1.807) is 24.3 Å². The van der Waals surface area contributed by atoms with Crippen LogP contribution in [0, 0.1) is 20.9 Å². The first-order valence-electron chi connectivity index (χ1n) is 41.2. The summed E-state index contributed by atoms with van der Waals surface area (Å²) in [5, 5.41) is 57.6. The SMILES string of the molecule is CC(C)(C)OC(=O)N1CCC2(CCN(c3ccc(/C(=C(/CCCO)c4ccccc4)c4ccc([N+](=O)[O-])cc4)cc3)C2)C1.CC(C)N1CCN(c2ccc(/C(=C(/CCCO)c3ccccc3)c3ccc(NS(=O)(=O)C4CC4)cc3)cc2)CC1.N=C(N)N1CCN(c2ccc(/C(=C(/CCCO)c3ccccc3)c3ccc(O)cc3)cc2)CC1. The highest BCUT2D eigenvalue weighted by Crippen LogP contribution is 2.45. The third kappa shape index (κ3) is 22.6. The summed E-state index contributed by atoms with van der Waals surface area (Å²) in [5.74, 6) is 0.370. The second-order valence-electron chi connectivity index (χ2n) is 32.4. The molecule has 5 fully saturated rings. The van der Waals surface area contributed by atoms with Gasteiger partial charge < -0.3 is 55.4 Å². The van der Waals surface area contributed by atoms with Crippen LogP contribution in [0.15, 0.2) is 237 Å². The lowest BCUT2D eigenvalue weighted by Gasteiger charge is -2.38. The van der Waals surface area contributed by atoms with Crippen LogP contribution in [0.2, 0.25) is 0 Å². The number of allylic oxidation sites excluding steroid dienone is 3. The number of amides is 1. The van der Waals surface area contributed by atoms with E-state index in [1.165, 1.54) is 16.8 Å². The molecule has 0 radical (unpaired) electrons. The van der Waals surface area contributed by atoms with Crippen molar-refractivity contribution in [3.05, 3.63) is 297 Å². The molecule has 1 atom stereocenters. The number of nitrogens with two attached hydrogens (primary N) is 1. The smallest absolute Gasteiger partial charge is 0.410 e. The van der Waals surface area contributed by atoms with Gasteiger partial charge in [-0.3, -0.25) is 25.1 Å². The lowest BCUT2D eigenvalue weighted by Crippen LogP contribution is -2.50. The summed E-state index contributed by atoms with van der Waals surface area (Å²) in [7, 11) is -3.32. The summed E-state index contributed by atoms with van der Waals surface area (Å²) in [6.45, 7) is 21.1. The number of hydrogen-bond donors (Lipinski definition) is 7. The summed E-state index contributed by atoms with van der Waals surface area (Å²) in [5.41, 5.74) is 25.4. The van der Waals surface area contributed by atoms with Crippen LogP contribution in [-0.4, -0.2) is 176 Å². The first kappa shape index (κ1) is 85.3. The summed E-state index contributed by atoms with van der Waals surface area (Å²) in [6, 6.07) is 79.0. The molecule has 1 unspecified atom stereocenters. The molecule has 0 bridgehead atoms. The van der Waals surface area contributed by atoms with E-state index in [1.807, 2.05) is 134 Å². The highest BCUT2D eigenvalue weighted by molar-refractivity contribution is 7.93. The van der Waals surface area contributed by atoms with Gasteiger partial charge in [-0.05, 0) is 255 Å². The molecule has 1 spiro atoms. The molecule has 4 aliphatic heterocycles. The van der Waals surface area contributed by atoms with Crippen molar-refractivity contribution in [2.75, 3.05) is 118 Å². The molecular weight excluding hydrogens is 1490 g/mol. The largest absolute Gasteiger partial charge is 0.508 e. The average Bonchev–Trinajstić information content (AvgIpc) is 1.66. The zero-order chi connectivity index (χ0) is 82.6. The number of nitrogens with one attached hydrogen (secondary N) is 2. The molecule has 1 aliphatic carbocycles. The topological polar surface area (TPSA) is 266 Å². The Hall–Kier alpha value is -11.1. The van der Waals surface area contributed by atoms with Crippen molar-refractivity contribution in [1.29, 1.82) is 5.41 Å². The summed E-state index contributed by atoms with van der Waals surface area (Å²) in [4.78, 5) is 37.1. The Kier molecular flexibility index (Phi) is 29.0. The van der Waals surface area contributed by atoms with Crippen LogP contribution in [0.5, 0.6) is 5.75 Å². The number of guanidine groups is 1. The number of aliphatic hydroxyl groups excluding tert-OH is 3. The number of likely N-dealkylation sites (tertiary alicyclic amines) is 1. The first-order valence-corrected chi connectivity index (χ1v) is 42.8. The molecule has 21 heteroatoms. The maximum Gasteiger partial charge on any atom is 0.410 e. The number of nitro benzene ring substituents is 1. The number of aromatic hydroxyl groups is 1. The number of rotatable bonds is 26. The Bertz CT molecular complexity index is 4970. The molecule has 20 nitrogen and oxygen atoms in total. The van der Waals surface area contributed by atoms with E-state index in [2.05, 4.69) is 147 Å². The number of hydrogen-bond acceptors (Lipinski definition) is 15. The van der Waals surface area contributed by atoms with Crippen LogP contribution in [0.25, 0.3) is 33.4 Å². The van der Waals surface area contributed by atoms with Gasteiger partial charge in [0, 0.05) is 145 Å². The minimum absolute atomic E-state index is 0.0511. The molecule has 4 saturated heterocycles. The monoisotopic (exact) mass is 1600 g/mol. The molecule has 4 heterocycles. The van der Waals surface area contributed by atoms with E-state index >= 15 is 0 Å². The second-order valence-corrected chi connectivity index (χ2v) is 34.3. The lowest BCUT2D eigenvalue weighted by atomic mass is 9.86. The maximum absolute atomic E-state index is 12.7. The van der Waals surface area contributed by atoms with Crippen LogP contribution in [0.4, 0.5) is 33.2 Å². The maximum atomic E-state index is 12.7. The highest BCUT2D eigenvalue weighted by Gasteiger charge is 2.46. The quantitative estimate of drug-likeness (QED) is 0.00873. The molecule has 9 aromatic rings. The van der Waals surface area contributed by atoms with Crippen LogP contribution < -0.4 is 25.2 Å². The van der Waals surface area contributed by atoms with E-state index in [-0.39, 0.29) is 58.9 Å². The van der Waals surface area contributed by atoms with Crippen molar-refractivity contribution in [3.63, 3.8) is 0 Å². The Morgan fingerprint density at radius 1 is 0.504 bits per heavy atom. The van der Waals surface area contributed by atoms with Gasteiger partial charge in [-0.15, -0.1) is 0 Å². The summed E-state index contributed by atoms with van der Waals surface area (Å²) in [6.07, 6.45) is 7.30. The van der Waals surface area contributed by atoms with E-state index in [4.69, 9.17) is 15.9 Å². The van der Waals surface area contributed by atoms with Gasteiger partial charge in [-0.2, -0.15) is 0 Å². The number of anilines is 4. The van der Waals surface area contributed by atoms with Crippen LogP contribution in [0.1, 0.15) is 149 Å². The van der Waals surface area contributed by atoms with E-state index in [0.717, 1.165) is 201 Å². The van der Waals surface area contributed by atoms with Crippen molar-refractivity contribution in [2.45, 2.75) is 116 Å². The van der Waals surface area contributed by atoms with Gasteiger partial charge in [0.05, 0.1) is 10.2 Å². The van der Waals surface area contributed by atoms with Gasteiger partial charge in [0.25, 0.3) is 5.69 Å². The number of non-ortho nitro benzene ring substituents is 1. The number of piperazine rings is 2. The second kappa shape index (κ2) is 39.7. The van der Waals surface area contributed by atoms with Crippen LogP contribution in [-0.2, 0) is 14.8 Å². The number of nitrogens with zero attached hydrogens (tertiary/aromatic N) is 7. The number of sulfonamides is 1. The lowest BCUT2D eigenvalue weighted by molar-refractivity contribution is -0.384.